The Bertz CT molecular complexity index is 1010. The molecule has 1 saturated heterocycles. The molecule has 0 unspecified atom stereocenters. The molecule has 2 aromatic rings. The Morgan fingerprint density at radius 3 is 2.45 bits per heavy atom. The van der Waals surface area contributed by atoms with Crippen LogP contribution in [0.2, 0.25) is 5.02 Å². The number of carbonyl (C=O) groups excluding carboxylic acids is 3. The number of alkyl halides is 3. The van der Waals surface area contributed by atoms with Crippen LogP contribution in [0.5, 0.6) is 0 Å². The van der Waals surface area contributed by atoms with E-state index in [0.29, 0.717) is 28.0 Å². The maximum absolute atomic E-state index is 12.6. The molecular weight excluding hydrogens is 429 g/mol. The van der Waals surface area contributed by atoms with Gasteiger partial charge in [0.1, 0.15) is 6.54 Å². The molecule has 1 aliphatic heterocycles. The number of halogens is 4. The normalized spacial score (nSPS) is 15.9. The van der Waals surface area contributed by atoms with Gasteiger partial charge in [0, 0.05) is 10.7 Å². The molecule has 150 valence electrons. The molecule has 2 aromatic carbocycles. The van der Waals surface area contributed by atoms with E-state index < -0.39 is 35.3 Å². The van der Waals surface area contributed by atoms with Gasteiger partial charge in [0.05, 0.1) is 10.5 Å². The molecule has 3 rings (SSSR count). The number of thioether (sulfide) groups is 1. The van der Waals surface area contributed by atoms with Crippen molar-refractivity contribution >= 4 is 52.2 Å². The van der Waals surface area contributed by atoms with Gasteiger partial charge in [-0.15, -0.1) is 0 Å². The average Bonchev–Trinajstić information content (AvgIpc) is 2.89. The highest BCUT2D eigenvalue weighted by Gasteiger charge is 2.36. The van der Waals surface area contributed by atoms with Crippen LogP contribution in [0.4, 0.5) is 23.7 Å². The molecule has 0 aliphatic carbocycles. The highest BCUT2D eigenvalue weighted by atomic mass is 35.5. The van der Waals surface area contributed by atoms with Gasteiger partial charge in [0.25, 0.3) is 11.1 Å². The molecule has 10 heteroatoms. The zero-order chi connectivity index (χ0) is 21.2. The molecule has 3 amide bonds. The summed E-state index contributed by atoms with van der Waals surface area (Å²) in [6.45, 7) is -0.498. The molecule has 1 fully saturated rings. The monoisotopic (exact) mass is 440 g/mol. The first kappa shape index (κ1) is 20.9. The number of carbonyl (C=O) groups is 3. The van der Waals surface area contributed by atoms with Gasteiger partial charge in [-0.1, -0.05) is 29.8 Å². The van der Waals surface area contributed by atoms with Crippen molar-refractivity contribution in [2.75, 3.05) is 11.9 Å². The molecule has 5 nitrogen and oxygen atoms in total. The van der Waals surface area contributed by atoms with Gasteiger partial charge in [-0.05, 0) is 53.7 Å². The first-order valence-corrected chi connectivity index (χ1v) is 9.31. The van der Waals surface area contributed by atoms with Gasteiger partial charge in [0.2, 0.25) is 5.91 Å². The minimum Gasteiger partial charge on any atom is -0.324 e. The maximum Gasteiger partial charge on any atom is 0.416 e. The van der Waals surface area contributed by atoms with Gasteiger partial charge in [0.15, 0.2) is 0 Å². The van der Waals surface area contributed by atoms with Crippen molar-refractivity contribution in [2.24, 2.45) is 0 Å². The van der Waals surface area contributed by atoms with Gasteiger partial charge < -0.3 is 5.32 Å². The zero-order valence-electron chi connectivity index (χ0n) is 14.5. The lowest BCUT2D eigenvalue weighted by molar-refractivity contribution is -0.137. The highest BCUT2D eigenvalue weighted by Crippen LogP contribution is 2.33. The van der Waals surface area contributed by atoms with Crippen molar-refractivity contribution in [1.82, 2.24) is 4.90 Å². The molecule has 0 spiro atoms. The topological polar surface area (TPSA) is 66.5 Å². The van der Waals surface area contributed by atoms with Crippen LogP contribution in [-0.2, 0) is 15.8 Å². The first-order valence-electron chi connectivity index (χ1n) is 8.11. The van der Waals surface area contributed by atoms with Crippen LogP contribution in [0.25, 0.3) is 6.08 Å². The molecule has 0 aromatic heterocycles. The van der Waals surface area contributed by atoms with E-state index in [1.807, 2.05) is 0 Å². The Labute approximate surface area is 172 Å². The van der Waals surface area contributed by atoms with E-state index >= 15 is 0 Å². The van der Waals surface area contributed by atoms with Crippen molar-refractivity contribution in [3.05, 3.63) is 69.6 Å². The van der Waals surface area contributed by atoms with Crippen molar-refractivity contribution in [3.63, 3.8) is 0 Å². The van der Waals surface area contributed by atoms with Crippen LogP contribution in [0.3, 0.4) is 0 Å². The second kappa shape index (κ2) is 8.30. The number of hydrogen-bond donors (Lipinski definition) is 1. The third kappa shape index (κ3) is 5.18. The maximum atomic E-state index is 12.6. The predicted octanol–water partition coefficient (Wildman–Crippen LogP) is 5.03. The van der Waals surface area contributed by atoms with Crippen LogP contribution in [0, 0.1) is 0 Å². The van der Waals surface area contributed by atoms with Crippen molar-refractivity contribution in [3.8, 4) is 0 Å². The van der Waals surface area contributed by atoms with Crippen LogP contribution >= 0.6 is 23.4 Å². The highest BCUT2D eigenvalue weighted by molar-refractivity contribution is 8.18. The van der Waals surface area contributed by atoms with Crippen LogP contribution in [-0.4, -0.2) is 28.5 Å². The molecule has 1 aliphatic rings. The minimum absolute atomic E-state index is 0.0188. The predicted molar refractivity (Wildman–Crippen MR) is 104 cm³/mol. The SMILES string of the molecule is O=C(CN1C(=O)S/C(=C\c2ccc(C(F)(F)F)cc2)C1=O)Nc1cccc(Cl)c1. The number of rotatable bonds is 4. The van der Waals surface area contributed by atoms with Crippen LogP contribution in [0.15, 0.2) is 53.4 Å². The smallest absolute Gasteiger partial charge is 0.324 e. The van der Waals surface area contributed by atoms with Gasteiger partial charge >= 0.3 is 6.18 Å². The summed E-state index contributed by atoms with van der Waals surface area (Å²) in [6.07, 6.45) is -3.16. The fourth-order valence-corrected chi connectivity index (χ4v) is 3.49. The Balaban J connectivity index is 1.69. The lowest BCUT2D eigenvalue weighted by Gasteiger charge is -2.12. The molecule has 0 saturated carbocycles. The number of nitrogens with one attached hydrogen (secondary N) is 1. The summed E-state index contributed by atoms with van der Waals surface area (Å²) in [5, 5.41) is 2.30. The molecular formula is C19H12ClF3N2O3S. The minimum atomic E-state index is -4.47. The molecule has 1 N–H and O–H groups in total. The Morgan fingerprint density at radius 1 is 1.14 bits per heavy atom. The van der Waals surface area contributed by atoms with E-state index in [9.17, 15) is 27.6 Å². The van der Waals surface area contributed by atoms with Crippen LogP contribution in [0.1, 0.15) is 11.1 Å². The number of benzene rings is 2. The first-order chi connectivity index (χ1) is 13.6. The molecule has 0 radical (unpaired) electrons. The summed E-state index contributed by atoms with van der Waals surface area (Å²) in [5.74, 6) is -1.29. The summed E-state index contributed by atoms with van der Waals surface area (Å²) in [7, 11) is 0. The number of hydrogen-bond acceptors (Lipinski definition) is 4. The van der Waals surface area contributed by atoms with Crippen molar-refractivity contribution in [2.45, 2.75) is 6.18 Å². The van der Waals surface area contributed by atoms with E-state index in [2.05, 4.69) is 5.32 Å². The lowest BCUT2D eigenvalue weighted by Crippen LogP contribution is -2.36. The quantitative estimate of drug-likeness (QED) is 0.677. The van der Waals surface area contributed by atoms with Gasteiger partial charge in [-0.3, -0.25) is 19.3 Å². The third-order valence-corrected chi connectivity index (χ3v) is 4.96. The van der Waals surface area contributed by atoms with E-state index in [0.717, 1.165) is 17.0 Å². The largest absolute Gasteiger partial charge is 0.416 e. The third-order valence-electron chi connectivity index (χ3n) is 3.82. The number of amides is 3. The number of nitrogens with zero attached hydrogens (tertiary/aromatic N) is 1. The number of anilines is 1. The summed E-state index contributed by atoms with van der Waals surface area (Å²) < 4.78 is 37.9. The standard InChI is InChI=1S/C19H12ClF3N2O3S/c20-13-2-1-3-14(9-13)24-16(26)10-25-17(27)15(29-18(25)28)8-11-4-6-12(7-5-11)19(21,22)23/h1-9H,10H2,(H,24,26)/b15-8-. The summed E-state index contributed by atoms with van der Waals surface area (Å²) in [6, 6.07) is 10.5. The number of imide groups is 1. The van der Waals surface area contributed by atoms with Crippen LogP contribution < -0.4 is 5.32 Å². The second-order valence-electron chi connectivity index (χ2n) is 5.95. The van der Waals surface area contributed by atoms with Gasteiger partial charge in [-0.2, -0.15) is 13.2 Å². The summed E-state index contributed by atoms with van der Waals surface area (Å²) >= 11 is 6.44. The Morgan fingerprint density at radius 2 is 1.83 bits per heavy atom. The lowest BCUT2D eigenvalue weighted by atomic mass is 10.1. The van der Waals surface area contributed by atoms with E-state index in [1.54, 1.807) is 18.2 Å². The van der Waals surface area contributed by atoms with E-state index in [1.165, 1.54) is 24.3 Å². The van der Waals surface area contributed by atoms with Crippen molar-refractivity contribution in [1.29, 1.82) is 0 Å². The Kier molecular flexibility index (Phi) is 5.99. The van der Waals surface area contributed by atoms with Gasteiger partial charge in [-0.25, -0.2) is 0 Å². The van der Waals surface area contributed by atoms with E-state index in [4.69, 9.17) is 11.6 Å². The fraction of sp³-hybridized carbons (Fsp3) is 0.105. The Hall–Kier alpha value is -2.78. The molecule has 0 atom stereocenters. The summed E-state index contributed by atoms with van der Waals surface area (Å²) in [4.78, 5) is 37.4. The van der Waals surface area contributed by atoms with E-state index in [-0.39, 0.29) is 4.91 Å². The molecule has 29 heavy (non-hydrogen) atoms. The zero-order valence-corrected chi connectivity index (χ0v) is 16.1. The molecule has 0 bridgehead atoms. The second-order valence-corrected chi connectivity index (χ2v) is 7.38. The van der Waals surface area contributed by atoms with Crippen molar-refractivity contribution < 1.29 is 27.6 Å². The molecule has 1 heterocycles. The average molecular weight is 441 g/mol. The fourth-order valence-electron chi connectivity index (χ4n) is 2.47. The summed E-state index contributed by atoms with van der Waals surface area (Å²) in [5.41, 5.74) is -0.0814.